The van der Waals surface area contributed by atoms with Crippen LogP contribution in [0.15, 0.2) is 6.20 Å². The van der Waals surface area contributed by atoms with Crippen LogP contribution >= 0.6 is 0 Å². The SMILES string of the molecule is CNc1ncc(F)c(NC2CCOCC2)n1. The molecule has 1 aliphatic heterocycles. The summed E-state index contributed by atoms with van der Waals surface area (Å²) in [5.41, 5.74) is 0. The summed E-state index contributed by atoms with van der Waals surface area (Å²) < 4.78 is 18.6. The van der Waals surface area contributed by atoms with Crippen LogP contribution < -0.4 is 10.6 Å². The van der Waals surface area contributed by atoms with Gasteiger partial charge in [0.1, 0.15) is 0 Å². The first kappa shape index (κ1) is 11.1. The van der Waals surface area contributed by atoms with E-state index >= 15 is 0 Å². The Bertz CT molecular complexity index is 355. The summed E-state index contributed by atoms with van der Waals surface area (Å²) in [6.45, 7) is 1.42. The van der Waals surface area contributed by atoms with Gasteiger partial charge in [0.25, 0.3) is 0 Å². The zero-order valence-electron chi connectivity index (χ0n) is 9.16. The van der Waals surface area contributed by atoms with Crippen LogP contribution in [0.4, 0.5) is 16.2 Å². The monoisotopic (exact) mass is 226 g/mol. The molecule has 0 saturated carbocycles. The Balaban J connectivity index is 2.06. The topological polar surface area (TPSA) is 59.1 Å². The van der Waals surface area contributed by atoms with E-state index in [9.17, 15) is 4.39 Å². The lowest BCUT2D eigenvalue weighted by Crippen LogP contribution is -2.28. The molecule has 88 valence electrons. The van der Waals surface area contributed by atoms with Crippen molar-refractivity contribution < 1.29 is 9.13 Å². The van der Waals surface area contributed by atoms with Crippen LogP contribution in [0.1, 0.15) is 12.8 Å². The second-order valence-electron chi connectivity index (χ2n) is 3.67. The van der Waals surface area contributed by atoms with Crippen LogP contribution in [-0.4, -0.2) is 36.3 Å². The Morgan fingerprint density at radius 3 is 2.88 bits per heavy atom. The van der Waals surface area contributed by atoms with Gasteiger partial charge in [-0.3, -0.25) is 0 Å². The minimum atomic E-state index is -0.425. The Kier molecular flexibility index (Phi) is 3.51. The molecule has 0 unspecified atom stereocenters. The Hall–Kier alpha value is -1.43. The van der Waals surface area contributed by atoms with Crippen molar-refractivity contribution in [3.63, 3.8) is 0 Å². The molecule has 1 aromatic heterocycles. The van der Waals surface area contributed by atoms with Crippen LogP contribution in [0.25, 0.3) is 0 Å². The number of hydrogen-bond donors (Lipinski definition) is 2. The highest BCUT2D eigenvalue weighted by atomic mass is 19.1. The third-order valence-corrected chi connectivity index (χ3v) is 2.53. The number of nitrogens with one attached hydrogen (secondary N) is 2. The lowest BCUT2D eigenvalue weighted by atomic mass is 10.1. The molecule has 0 aromatic carbocycles. The number of halogens is 1. The van der Waals surface area contributed by atoms with Crippen LogP contribution in [0.2, 0.25) is 0 Å². The van der Waals surface area contributed by atoms with Gasteiger partial charge < -0.3 is 15.4 Å². The lowest BCUT2D eigenvalue weighted by molar-refractivity contribution is 0.0903. The molecule has 1 saturated heterocycles. The van der Waals surface area contributed by atoms with Gasteiger partial charge in [0.05, 0.1) is 6.20 Å². The van der Waals surface area contributed by atoms with Gasteiger partial charge in [0.15, 0.2) is 11.6 Å². The first-order chi connectivity index (χ1) is 7.79. The summed E-state index contributed by atoms with van der Waals surface area (Å²) in [6.07, 6.45) is 2.91. The number of aromatic nitrogens is 2. The van der Waals surface area contributed by atoms with Gasteiger partial charge in [-0.2, -0.15) is 4.98 Å². The number of ether oxygens (including phenoxy) is 1. The van der Waals surface area contributed by atoms with E-state index in [-0.39, 0.29) is 11.9 Å². The molecular formula is C10H15FN4O. The van der Waals surface area contributed by atoms with E-state index in [1.54, 1.807) is 7.05 Å². The predicted molar refractivity (Wildman–Crippen MR) is 59.0 cm³/mol. The van der Waals surface area contributed by atoms with Crippen molar-refractivity contribution in [2.24, 2.45) is 0 Å². The number of nitrogens with zero attached hydrogens (tertiary/aromatic N) is 2. The number of rotatable bonds is 3. The summed E-state index contributed by atoms with van der Waals surface area (Å²) in [6, 6.07) is 0.225. The minimum Gasteiger partial charge on any atom is -0.381 e. The Labute approximate surface area is 93.4 Å². The predicted octanol–water partition coefficient (Wildman–Crippen LogP) is 1.25. The molecule has 0 amide bonds. The van der Waals surface area contributed by atoms with E-state index in [4.69, 9.17) is 4.74 Å². The molecule has 0 radical (unpaired) electrons. The van der Waals surface area contributed by atoms with Crippen molar-refractivity contribution in [3.05, 3.63) is 12.0 Å². The fourth-order valence-corrected chi connectivity index (χ4v) is 1.62. The molecule has 1 aromatic rings. The molecule has 6 heteroatoms. The standard InChI is InChI=1S/C10H15FN4O/c1-12-10-13-6-8(11)9(15-10)14-7-2-4-16-5-3-7/h6-7H,2-5H2,1H3,(H2,12,13,14,15). The summed E-state index contributed by atoms with van der Waals surface area (Å²) in [5, 5.41) is 5.86. The Morgan fingerprint density at radius 1 is 1.44 bits per heavy atom. The lowest BCUT2D eigenvalue weighted by Gasteiger charge is -2.23. The minimum absolute atomic E-state index is 0.225. The highest BCUT2D eigenvalue weighted by Crippen LogP contribution is 2.16. The summed E-state index contributed by atoms with van der Waals surface area (Å²) in [7, 11) is 1.70. The van der Waals surface area contributed by atoms with E-state index in [1.807, 2.05) is 0 Å². The molecule has 1 fully saturated rings. The van der Waals surface area contributed by atoms with Crippen molar-refractivity contribution in [1.82, 2.24) is 9.97 Å². The maximum Gasteiger partial charge on any atom is 0.224 e. The van der Waals surface area contributed by atoms with Gasteiger partial charge in [-0.15, -0.1) is 0 Å². The maximum absolute atomic E-state index is 13.4. The molecule has 2 heterocycles. The van der Waals surface area contributed by atoms with Crippen LogP contribution in [0.3, 0.4) is 0 Å². The number of hydrogen-bond acceptors (Lipinski definition) is 5. The largest absolute Gasteiger partial charge is 0.381 e. The molecule has 2 N–H and O–H groups in total. The van der Waals surface area contributed by atoms with E-state index in [1.165, 1.54) is 6.20 Å². The van der Waals surface area contributed by atoms with Gasteiger partial charge in [-0.25, -0.2) is 9.37 Å². The highest BCUT2D eigenvalue weighted by molar-refractivity contribution is 5.41. The normalized spacial score (nSPS) is 17.1. The van der Waals surface area contributed by atoms with E-state index in [0.29, 0.717) is 19.2 Å². The second-order valence-corrected chi connectivity index (χ2v) is 3.67. The van der Waals surface area contributed by atoms with Crippen molar-refractivity contribution in [3.8, 4) is 0 Å². The average Bonchev–Trinajstić information content (AvgIpc) is 2.33. The summed E-state index contributed by atoms with van der Waals surface area (Å²) in [5.74, 6) is 0.243. The molecule has 0 bridgehead atoms. The van der Waals surface area contributed by atoms with E-state index < -0.39 is 5.82 Å². The molecule has 16 heavy (non-hydrogen) atoms. The summed E-state index contributed by atoms with van der Waals surface area (Å²) in [4.78, 5) is 7.82. The first-order valence-corrected chi connectivity index (χ1v) is 5.34. The molecule has 0 aliphatic carbocycles. The van der Waals surface area contributed by atoms with Crippen LogP contribution in [0, 0.1) is 5.82 Å². The second kappa shape index (κ2) is 5.07. The van der Waals surface area contributed by atoms with Crippen molar-refractivity contribution >= 4 is 11.8 Å². The van der Waals surface area contributed by atoms with E-state index in [0.717, 1.165) is 12.8 Å². The van der Waals surface area contributed by atoms with Gasteiger partial charge in [0, 0.05) is 26.3 Å². The molecule has 5 nitrogen and oxygen atoms in total. The third kappa shape index (κ3) is 2.57. The van der Waals surface area contributed by atoms with Crippen molar-refractivity contribution in [2.75, 3.05) is 30.9 Å². The zero-order chi connectivity index (χ0) is 11.4. The van der Waals surface area contributed by atoms with Gasteiger partial charge in [-0.05, 0) is 12.8 Å². The van der Waals surface area contributed by atoms with Gasteiger partial charge in [0.2, 0.25) is 5.95 Å². The maximum atomic E-state index is 13.4. The molecule has 0 atom stereocenters. The molecular weight excluding hydrogens is 211 g/mol. The molecule has 1 aliphatic rings. The first-order valence-electron chi connectivity index (χ1n) is 5.34. The fourth-order valence-electron chi connectivity index (χ4n) is 1.62. The highest BCUT2D eigenvalue weighted by Gasteiger charge is 2.16. The van der Waals surface area contributed by atoms with Gasteiger partial charge >= 0.3 is 0 Å². The average molecular weight is 226 g/mol. The van der Waals surface area contributed by atoms with Crippen LogP contribution in [0.5, 0.6) is 0 Å². The van der Waals surface area contributed by atoms with Crippen LogP contribution in [-0.2, 0) is 4.74 Å². The zero-order valence-corrected chi connectivity index (χ0v) is 9.16. The van der Waals surface area contributed by atoms with Crippen molar-refractivity contribution in [2.45, 2.75) is 18.9 Å². The number of anilines is 2. The summed E-state index contributed by atoms with van der Waals surface area (Å²) >= 11 is 0. The molecule has 2 rings (SSSR count). The van der Waals surface area contributed by atoms with Gasteiger partial charge in [-0.1, -0.05) is 0 Å². The Morgan fingerprint density at radius 2 is 2.19 bits per heavy atom. The van der Waals surface area contributed by atoms with Crippen molar-refractivity contribution in [1.29, 1.82) is 0 Å². The smallest absolute Gasteiger partial charge is 0.224 e. The fraction of sp³-hybridized carbons (Fsp3) is 0.600. The van der Waals surface area contributed by atoms with E-state index in [2.05, 4.69) is 20.6 Å². The third-order valence-electron chi connectivity index (χ3n) is 2.53. The molecule has 0 spiro atoms. The quantitative estimate of drug-likeness (QED) is 0.812.